The number of nitrogens with one attached hydrogen (secondary N) is 2. The molecule has 2 rings (SSSR count). The molecule has 6 nitrogen and oxygen atoms in total. The molecule has 0 aliphatic rings. The predicted molar refractivity (Wildman–Crippen MR) is 75.0 cm³/mol. The van der Waals surface area contributed by atoms with Crippen LogP contribution in [0.3, 0.4) is 0 Å². The quantitative estimate of drug-likeness (QED) is 0.810. The van der Waals surface area contributed by atoms with Gasteiger partial charge in [0.15, 0.2) is 0 Å². The molecule has 0 saturated heterocycles. The summed E-state index contributed by atoms with van der Waals surface area (Å²) >= 11 is 0. The Labute approximate surface area is 119 Å². The maximum atomic E-state index is 13.5. The van der Waals surface area contributed by atoms with E-state index < -0.39 is 23.4 Å². The number of carboxylic acid groups (broad SMARTS) is 1. The minimum Gasteiger partial charge on any atom is -0.478 e. The monoisotopic (exact) mass is 289 g/mol. The normalized spacial score (nSPS) is 10.0. The van der Waals surface area contributed by atoms with Gasteiger partial charge in [-0.1, -0.05) is 0 Å². The molecule has 108 valence electrons. The van der Waals surface area contributed by atoms with Crippen molar-refractivity contribution in [3.63, 3.8) is 0 Å². The highest BCUT2D eigenvalue weighted by atomic mass is 19.1. The van der Waals surface area contributed by atoms with Crippen molar-refractivity contribution in [2.75, 3.05) is 10.6 Å². The number of anilines is 2. The molecular weight excluding hydrogens is 277 g/mol. The molecule has 0 unspecified atom stereocenters. The number of aromatic carboxylic acids is 1. The first kappa shape index (κ1) is 14.4. The number of urea groups is 1. The van der Waals surface area contributed by atoms with Gasteiger partial charge in [0.05, 0.1) is 17.4 Å². The molecular formula is C14H12FN3O3. The van der Waals surface area contributed by atoms with Crippen LogP contribution < -0.4 is 10.6 Å². The summed E-state index contributed by atoms with van der Waals surface area (Å²) in [6.45, 7) is 1.83. The van der Waals surface area contributed by atoms with Crippen LogP contribution >= 0.6 is 0 Å². The minimum absolute atomic E-state index is 0.149. The summed E-state index contributed by atoms with van der Waals surface area (Å²) in [6.07, 6.45) is 3.11. The molecule has 0 radical (unpaired) electrons. The van der Waals surface area contributed by atoms with E-state index >= 15 is 0 Å². The number of carbonyl (C=O) groups excluding carboxylic acids is 1. The highest BCUT2D eigenvalue weighted by molar-refractivity contribution is 6.00. The zero-order valence-electron chi connectivity index (χ0n) is 11.1. The van der Waals surface area contributed by atoms with E-state index in [4.69, 9.17) is 5.11 Å². The summed E-state index contributed by atoms with van der Waals surface area (Å²) in [5, 5.41) is 13.7. The van der Waals surface area contributed by atoms with Crippen molar-refractivity contribution in [2.24, 2.45) is 0 Å². The van der Waals surface area contributed by atoms with Crippen LogP contribution in [0, 0.1) is 12.7 Å². The average molecular weight is 289 g/mol. The molecule has 0 aliphatic carbocycles. The number of carboxylic acids is 1. The van der Waals surface area contributed by atoms with Crippen LogP contribution in [0.15, 0.2) is 36.7 Å². The first-order valence-electron chi connectivity index (χ1n) is 5.98. The summed E-state index contributed by atoms with van der Waals surface area (Å²) in [7, 11) is 0. The summed E-state index contributed by atoms with van der Waals surface area (Å²) in [5.41, 5.74) is 1.07. The molecule has 1 heterocycles. The molecule has 0 saturated carbocycles. The van der Waals surface area contributed by atoms with Crippen molar-refractivity contribution >= 4 is 23.4 Å². The van der Waals surface area contributed by atoms with Crippen LogP contribution in [-0.4, -0.2) is 22.1 Å². The summed E-state index contributed by atoms with van der Waals surface area (Å²) in [6, 6.07) is 4.48. The Morgan fingerprint density at radius 1 is 1.14 bits per heavy atom. The number of hydrogen-bond donors (Lipinski definition) is 3. The second-order valence-corrected chi connectivity index (χ2v) is 4.33. The van der Waals surface area contributed by atoms with Crippen LogP contribution in [0.1, 0.15) is 15.9 Å². The molecule has 2 aromatic rings. The number of aromatic nitrogens is 1. The van der Waals surface area contributed by atoms with Crippen molar-refractivity contribution in [1.29, 1.82) is 0 Å². The van der Waals surface area contributed by atoms with E-state index in [-0.39, 0.29) is 5.69 Å². The van der Waals surface area contributed by atoms with Gasteiger partial charge in [0.2, 0.25) is 0 Å². The maximum Gasteiger partial charge on any atom is 0.338 e. The molecule has 0 spiro atoms. The number of nitrogens with zero attached hydrogens (tertiary/aromatic N) is 1. The number of hydrogen-bond acceptors (Lipinski definition) is 3. The van der Waals surface area contributed by atoms with E-state index in [0.717, 1.165) is 17.7 Å². The molecule has 1 aromatic heterocycles. The van der Waals surface area contributed by atoms with E-state index in [0.29, 0.717) is 5.69 Å². The maximum absolute atomic E-state index is 13.5. The third kappa shape index (κ3) is 3.75. The largest absolute Gasteiger partial charge is 0.478 e. The fraction of sp³-hybridized carbons (Fsp3) is 0.0714. The van der Waals surface area contributed by atoms with Crippen molar-refractivity contribution in [3.05, 3.63) is 53.6 Å². The fourth-order valence-electron chi connectivity index (χ4n) is 1.68. The number of amides is 2. The number of rotatable bonds is 3. The van der Waals surface area contributed by atoms with Gasteiger partial charge in [-0.05, 0) is 36.8 Å². The Morgan fingerprint density at radius 2 is 1.86 bits per heavy atom. The third-order valence-electron chi connectivity index (χ3n) is 2.59. The first-order chi connectivity index (χ1) is 9.95. The van der Waals surface area contributed by atoms with Crippen LogP contribution in [-0.2, 0) is 0 Å². The minimum atomic E-state index is -1.37. The molecule has 21 heavy (non-hydrogen) atoms. The Kier molecular flexibility index (Phi) is 4.13. The van der Waals surface area contributed by atoms with Gasteiger partial charge in [0.25, 0.3) is 0 Å². The Morgan fingerprint density at radius 3 is 2.48 bits per heavy atom. The molecule has 0 fully saturated rings. The molecule has 1 aromatic carbocycles. The van der Waals surface area contributed by atoms with Gasteiger partial charge >= 0.3 is 12.0 Å². The van der Waals surface area contributed by atoms with E-state index in [2.05, 4.69) is 15.6 Å². The number of benzene rings is 1. The molecule has 0 bridgehead atoms. The van der Waals surface area contributed by atoms with Crippen molar-refractivity contribution in [1.82, 2.24) is 4.98 Å². The number of carbonyl (C=O) groups is 2. The predicted octanol–water partition coefficient (Wildman–Crippen LogP) is 2.87. The van der Waals surface area contributed by atoms with Crippen molar-refractivity contribution in [2.45, 2.75) is 6.92 Å². The zero-order chi connectivity index (χ0) is 15.4. The lowest BCUT2D eigenvalue weighted by Crippen LogP contribution is -2.19. The molecule has 0 atom stereocenters. The van der Waals surface area contributed by atoms with Gasteiger partial charge in [-0.25, -0.2) is 14.0 Å². The van der Waals surface area contributed by atoms with Crippen LogP contribution in [0.25, 0.3) is 0 Å². The fourth-order valence-corrected chi connectivity index (χ4v) is 1.68. The van der Waals surface area contributed by atoms with E-state index in [1.165, 1.54) is 12.3 Å². The Hall–Kier alpha value is -2.96. The van der Waals surface area contributed by atoms with E-state index in [1.807, 2.05) is 6.92 Å². The lowest BCUT2D eigenvalue weighted by molar-refractivity contribution is 0.0692. The molecule has 2 amide bonds. The van der Waals surface area contributed by atoms with Crippen molar-refractivity contribution < 1.29 is 19.1 Å². The average Bonchev–Trinajstić information content (AvgIpc) is 2.38. The summed E-state index contributed by atoms with van der Waals surface area (Å²) in [4.78, 5) is 26.3. The molecule has 7 heteroatoms. The van der Waals surface area contributed by atoms with Gasteiger partial charge in [-0.2, -0.15) is 0 Å². The first-order valence-corrected chi connectivity index (χ1v) is 5.98. The number of pyridine rings is 1. The van der Waals surface area contributed by atoms with Crippen LogP contribution in [0.2, 0.25) is 0 Å². The van der Waals surface area contributed by atoms with Gasteiger partial charge < -0.3 is 15.7 Å². The topological polar surface area (TPSA) is 91.3 Å². The van der Waals surface area contributed by atoms with Crippen molar-refractivity contribution in [3.8, 4) is 0 Å². The Bertz CT molecular complexity index is 704. The summed E-state index contributed by atoms with van der Waals surface area (Å²) in [5.74, 6) is -2.29. The van der Waals surface area contributed by atoms with Gasteiger partial charge in [-0.3, -0.25) is 4.98 Å². The SMILES string of the molecule is Cc1cncc(NC(=O)Nc2ccc(C(=O)O)c(F)c2)c1. The van der Waals surface area contributed by atoms with Gasteiger partial charge in [0.1, 0.15) is 5.82 Å². The van der Waals surface area contributed by atoms with E-state index in [1.54, 1.807) is 12.3 Å². The smallest absolute Gasteiger partial charge is 0.338 e. The number of halogens is 1. The molecule has 0 aliphatic heterocycles. The number of aryl methyl sites for hydroxylation is 1. The standard InChI is InChI=1S/C14H12FN3O3/c1-8-4-10(7-16-6-8)18-14(21)17-9-2-3-11(13(19)20)12(15)5-9/h2-7H,1H3,(H,19,20)(H2,17,18,21). The highest BCUT2D eigenvalue weighted by Gasteiger charge is 2.11. The zero-order valence-corrected chi connectivity index (χ0v) is 11.1. The highest BCUT2D eigenvalue weighted by Crippen LogP contribution is 2.15. The molecule has 3 N–H and O–H groups in total. The van der Waals surface area contributed by atoms with E-state index in [9.17, 15) is 14.0 Å². The van der Waals surface area contributed by atoms with Crippen LogP contribution in [0.4, 0.5) is 20.6 Å². The Balaban J connectivity index is 2.06. The van der Waals surface area contributed by atoms with Gasteiger partial charge in [0, 0.05) is 11.9 Å². The second kappa shape index (κ2) is 6.00. The second-order valence-electron chi connectivity index (χ2n) is 4.33. The van der Waals surface area contributed by atoms with Crippen LogP contribution in [0.5, 0.6) is 0 Å². The lowest BCUT2D eigenvalue weighted by Gasteiger charge is -2.08. The van der Waals surface area contributed by atoms with Gasteiger partial charge in [-0.15, -0.1) is 0 Å². The third-order valence-corrected chi connectivity index (χ3v) is 2.59. The lowest BCUT2D eigenvalue weighted by atomic mass is 10.2. The summed E-state index contributed by atoms with van der Waals surface area (Å²) < 4.78 is 13.5.